The van der Waals surface area contributed by atoms with Gasteiger partial charge in [-0.1, -0.05) is 17.4 Å². The zero-order chi connectivity index (χ0) is 15.5. The molecule has 0 saturated carbocycles. The van der Waals surface area contributed by atoms with Gasteiger partial charge in [-0.15, -0.1) is 0 Å². The molecule has 0 bridgehead atoms. The van der Waals surface area contributed by atoms with E-state index in [4.69, 9.17) is 9.47 Å². The molecule has 22 heavy (non-hydrogen) atoms. The van der Waals surface area contributed by atoms with E-state index in [1.165, 1.54) is 16.9 Å². The molecule has 0 unspecified atom stereocenters. The molecule has 2 aromatic rings. The highest BCUT2D eigenvalue weighted by Gasteiger charge is 2.12. The number of likely N-dealkylation sites (N-methyl/N-ethyl adjacent to an activating group) is 1. The van der Waals surface area contributed by atoms with E-state index in [-0.39, 0.29) is 4.87 Å². The molecule has 1 aromatic carbocycles. The monoisotopic (exact) mass is 320 g/mol. The molecule has 118 valence electrons. The van der Waals surface area contributed by atoms with Gasteiger partial charge in [0.05, 0.1) is 0 Å². The van der Waals surface area contributed by atoms with Gasteiger partial charge in [0, 0.05) is 30.7 Å². The Hall–Kier alpha value is -1.79. The van der Waals surface area contributed by atoms with Crippen molar-refractivity contribution in [1.29, 1.82) is 0 Å². The summed E-state index contributed by atoms with van der Waals surface area (Å²) in [6.45, 7) is 5.54. The predicted molar refractivity (Wildman–Crippen MR) is 87.1 cm³/mol. The summed E-state index contributed by atoms with van der Waals surface area (Å²) in [6, 6.07) is 6.06. The van der Waals surface area contributed by atoms with E-state index in [2.05, 4.69) is 18.0 Å². The third-order valence-electron chi connectivity index (χ3n) is 3.74. The highest BCUT2D eigenvalue weighted by Crippen LogP contribution is 2.30. The number of hydrogen-bond donors (Lipinski definition) is 0. The van der Waals surface area contributed by atoms with Gasteiger partial charge in [0.1, 0.15) is 13.2 Å². The fourth-order valence-electron chi connectivity index (χ4n) is 2.52. The summed E-state index contributed by atoms with van der Waals surface area (Å²) >= 11 is 1.26. The molecule has 0 aliphatic carbocycles. The van der Waals surface area contributed by atoms with Gasteiger partial charge >= 0.3 is 4.87 Å². The standard InChI is InChI=1S/C16H20N2O3S/c1-12-11-22-16(19)18(12)6-5-17(2)10-13-3-4-14-15(9-13)21-8-7-20-14/h3-4,9,11H,5-8,10H2,1-2H3. The minimum atomic E-state index is 0.116. The number of rotatable bonds is 5. The van der Waals surface area contributed by atoms with Crippen LogP contribution < -0.4 is 14.3 Å². The predicted octanol–water partition coefficient (Wildman–Crippen LogP) is 2.12. The van der Waals surface area contributed by atoms with Crippen molar-refractivity contribution in [2.24, 2.45) is 0 Å². The maximum Gasteiger partial charge on any atom is 0.307 e. The molecule has 0 N–H and O–H groups in total. The topological polar surface area (TPSA) is 43.7 Å². The lowest BCUT2D eigenvalue weighted by Crippen LogP contribution is -2.26. The Morgan fingerprint density at radius 2 is 2.05 bits per heavy atom. The van der Waals surface area contributed by atoms with E-state index >= 15 is 0 Å². The molecule has 1 aliphatic heterocycles. The number of benzene rings is 1. The summed E-state index contributed by atoms with van der Waals surface area (Å²) in [5.74, 6) is 1.64. The van der Waals surface area contributed by atoms with Crippen LogP contribution in [-0.2, 0) is 13.1 Å². The van der Waals surface area contributed by atoms with Crippen molar-refractivity contribution in [3.63, 3.8) is 0 Å². The average molecular weight is 320 g/mol. The largest absolute Gasteiger partial charge is 0.486 e. The van der Waals surface area contributed by atoms with Gasteiger partial charge in [0.15, 0.2) is 11.5 Å². The fourth-order valence-corrected chi connectivity index (χ4v) is 3.28. The van der Waals surface area contributed by atoms with Crippen molar-refractivity contribution in [3.05, 3.63) is 44.5 Å². The molecule has 5 nitrogen and oxygen atoms in total. The lowest BCUT2D eigenvalue weighted by atomic mass is 10.2. The number of aromatic nitrogens is 1. The van der Waals surface area contributed by atoms with Crippen LogP contribution in [0.3, 0.4) is 0 Å². The zero-order valence-electron chi connectivity index (χ0n) is 12.9. The van der Waals surface area contributed by atoms with Gasteiger partial charge in [0.25, 0.3) is 0 Å². The molecular formula is C16H20N2O3S. The second-order valence-corrected chi connectivity index (χ2v) is 6.33. The van der Waals surface area contributed by atoms with Gasteiger partial charge in [0.2, 0.25) is 0 Å². The molecular weight excluding hydrogens is 300 g/mol. The van der Waals surface area contributed by atoms with Gasteiger partial charge < -0.3 is 18.9 Å². The molecule has 2 heterocycles. The van der Waals surface area contributed by atoms with Crippen molar-refractivity contribution >= 4 is 11.3 Å². The first kappa shape index (κ1) is 15.1. The lowest BCUT2D eigenvalue weighted by Gasteiger charge is -2.21. The van der Waals surface area contributed by atoms with Crippen molar-refractivity contribution in [1.82, 2.24) is 9.47 Å². The molecule has 0 fully saturated rings. The molecule has 0 saturated heterocycles. The fraction of sp³-hybridized carbons (Fsp3) is 0.438. The Morgan fingerprint density at radius 3 is 2.77 bits per heavy atom. The highest BCUT2D eigenvalue weighted by molar-refractivity contribution is 7.07. The first-order chi connectivity index (χ1) is 10.6. The van der Waals surface area contributed by atoms with Crippen LogP contribution in [0.25, 0.3) is 0 Å². The average Bonchev–Trinajstić information content (AvgIpc) is 2.84. The molecule has 0 amide bonds. The van der Waals surface area contributed by atoms with Crippen molar-refractivity contribution in [3.8, 4) is 11.5 Å². The molecule has 3 rings (SSSR count). The van der Waals surface area contributed by atoms with E-state index in [0.717, 1.165) is 36.8 Å². The van der Waals surface area contributed by atoms with Gasteiger partial charge in [-0.2, -0.15) is 0 Å². The number of thiazole rings is 1. The van der Waals surface area contributed by atoms with Crippen molar-refractivity contribution in [2.75, 3.05) is 26.8 Å². The maximum atomic E-state index is 11.7. The number of nitrogens with zero attached hydrogens (tertiary/aromatic N) is 2. The molecule has 6 heteroatoms. The van der Waals surface area contributed by atoms with Crippen LogP contribution in [0.2, 0.25) is 0 Å². The molecule has 1 aromatic heterocycles. The summed E-state index contributed by atoms with van der Waals surface area (Å²) in [4.78, 5) is 14.0. The number of ether oxygens (including phenoxy) is 2. The Labute approximate surface area is 133 Å². The Morgan fingerprint density at radius 1 is 1.27 bits per heavy atom. The van der Waals surface area contributed by atoms with E-state index in [1.54, 1.807) is 0 Å². The summed E-state index contributed by atoms with van der Waals surface area (Å²) in [5, 5.41) is 1.91. The van der Waals surface area contributed by atoms with Crippen LogP contribution in [0.1, 0.15) is 11.3 Å². The van der Waals surface area contributed by atoms with Crippen LogP contribution in [0, 0.1) is 6.92 Å². The number of aryl methyl sites for hydroxylation is 1. The van der Waals surface area contributed by atoms with E-state index in [9.17, 15) is 4.79 Å². The van der Waals surface area contributed by atoms with E-state index in [1.807, 2.05) is 29.0 Å². The summed E-state index contributed by atoms with van der Waals surface area (Å²) < 4.78 is 13.0. The second kappa shape index (κ2) is 6.54. The van der Waals surface area contributed by atoms with Crippen LogP contribution >= 0.6 is 11.3 Å². The maximum absolute atomic E-state index is 11.7. The smallest absolute Gasteiger partial charge is 0.307 e. The third-order valence-corrected chi connectivity index (χ3v) is 4.62. The molecule has 0 radical (unpaired) electrons. The third kappa shape index (κ3) is 3.34. The van der Waals surface area contributed by atoms with Crippen LogP contribution in [0.5, 0.6) is 11.5 Å². The van der Waals surface area contributed by atoms with E-state index in [0.29, 0.717) is 13.2 Å². The summed E-state index contributed by atoms with van der Waals surface area (Å²) in [7, 11) is 2.06. The minimum absolute atomic E-state index is 0.116. The quantitative estimate of drug-likeness (QED) is 0.846. The molecule has 1 aliphatic rings. The first-order valence-electron chi connectivity index (χ1n) is 7.35. The van der Waals surface area contributed by atoms with Crippen LogP contribution in [0.15, 0.2) is 28.4 Å². The Bertz CT molecular complexity index is 708. The van der Waals surface area contributed by atoms with Crippen LogP contribution in [-0.4, -0.2) is 36.3 Å². The summed E-state index contributed by atoms with van der Waals surface area (Å²) in [5.41, 5.74) is 2.21. The Kier molecular flexibility index (Phi) is 4.49. The first-order valence-corrected chi connectivity index (χ1v) is 8.23. The number of fused-ring (bicyclic) bond motifs is 1. The normalized spacial score (nSPS) is 13.6. The molecule has 0 atom stereocenters. The van der Waals surface area contributed by atoms with E-state index < -0.39 is 0 Å². The minimum Gasteiger partial charge on any atom is -0.486 e. The zero-order valence-corrected chi connectivity index (χ0v) is 13.7. The Balaban J connectivity index is 1.60. The van der Waals surface area contributed by atoms with Crippen molar-refractivity contribution in [2.45, 2.75) is 20.0 Å². The SMILES string of the molecule is Cc1csc(=O)n1CCN(C)Cc1ccc2c(c1)OCCO2. The van der Waals surface area contributed by atoms with Crippen molar-refractivity contribution < 1.29 is 9.47 Å². The second-order valence-electron chi connectivity index (χ2n) is 5.51. The molecule has 0 spiro atoms. The van der Waals surface area contributed by atoms with Gasteiger partial charge in [-0.05, 0) is 31.7 Å². The highest BCUT2D eigenvalue weighted by atomic mass is 32.1. The van der Waals surface area contributed by atoms with Crippen LogP contribution in [0.4, 0.5) is 0 Å². The summed E-state index contributed by atoms with van der Waals surface area (Å²) in [6.07, 6.45) is 0. The van der Waals surface area contributed by atoms with Gasteiger partial charge in [-0.3, -0.25) is 4.79 Å². The lowest BCUT2D eigenvalue weighted by molar-refractivity contribution is 0.171. The number of hydrogen-bond acceptors (Lipinski definition) is 5. The van der Waals surface area contributed by atoms with Gasteiger partial charge in [-0.25, -0.2) is 0 Å².